The molecule has 0 heterocycles. The van der Waals surface area contributed by atoms with Crippen LogP contribution in [0.15, 0.2) is 85.1 Å². The highest BCUT2D eigenvalue weighted by atomic mass is 16.6. The molecular formula is C45H76O4. The molecule has 0 bridgehead atoms. The molecule has 0 aromatic rings. The maximum Gasteiger partial charge on any atom is 0.306 e. The molecule has 0 spiro atoms. The van der Waals surface area contributed by atoms with Crippen molar-refractivity contribution in [3.63, 3.8) is 0 Å². The zero-order valence-electron chi connectivity index (χ0n) is 31.9. The van der Waals surface area contributed by atoms with E-state index in [1.807, 2.05) is 0 Å². The van der Waals surface area contributed by atoms with Crippen LogP contribution in [-0.4, -0.2) is 37.0 Å². The molecule has 280 valence electrons. The summed E-state index contributed by atoms with van der Waals surface area (Å²) in [6, 6.07) is 0. The molecule has 4 heteroatoms. The van der Waals surface area contributed by atoms with E-state index < -0.39 is 6.10 Å². The topological polar surface area (TPSA) is 55.8 Å². The lowest BCUT2D eigenvalue weighted by atomic mass is 10.1. The largest absolute Gasteiger partial charge is 0.457 e. The maximum absolute atomic E-state index is 12.2. The number of hydrogen-bond donors (Lipinski definition) is 1. The Morgan fingerprint density at radius 1 is 0.510 bits per heavy atom. The summed E-state index contributed by atoms with van der Waals surface area (Å²) in [5, 5.41) is 9.58. The van der Waals surface area contributed by atoms with Crippen molar-refractivity contribution in [3.05, 3.63) is 85.1 Å². The zero-order valence-corrected chi connectivity index (χ0v) is 31.9. The van der Waals surface area contributed by atoms with Crippen molar-refractivity contribution >= 4 is 5.97 Å². The summed E-state index contributed by atoms with van der Waals surface area (Å²) >= 11 is 0. The van der Waals surface area contributed by atoms with Gasteiger partial charge in [0.15, 0.2) is 0 Å². The number of aliphatic hydroxyl groups is 1. The molecule has 0 saturated carbocycles. The van der Waals surface area contributed by atoms with Crippen molar-refractivity contribution in [1.29, 1.82) is 0 Å². The van der Waals surface area contributed by atoms with Crippen molar-refractivity contribution in [2.75, 3.05) is 19.8 Å². The predicted molar refractivity (Wildman–Crippen MR) is 214 cm³/mol. The molecule has 1 atom stereocenters. The summed E-state index contributed by atoms with van der Waals surface area (Å²) in [7, 11) is 0. The molecule has 49 heavy (non-hydrogen) atoms. The van der Waals surface area contributed by atoms with Gasteiger partial charge in [-0.25, -0.2) is 0 Å². The van der Waals surface area contributed by atoms with Gasteiger partial charge in [-0.2, -0.15) is 0 Å². The summed E-state index contributed by atoms with van der Waals surface area (Å²) in [6.07, 6.45) is 57.7. The molecule has 0 rings (SSSR count). The van der Waals surface area contributed by atoms with E-state index in [9.17, 15) is 9.90 Å². The number of unbranched alkanes of at least 4 members (excludes halogenated alkanes) is 14. The van der Waals surface area contributed by atoms with Crippen LogP contribution in [0.1, 0.15) is 168 Å². The quantitative estimate of drug-likeness (QED) is 0.0406. The second-order valence-electron chi connectivity index (χ2n) is 13.0. The normalized spacial score (nSPS) is 13.3. The molecule has 0 saturated heterocycles. The SMILES string of the molecule is CC/C=C\C/C=C\C/C=C\C/C=C\C/C=C\CCCCCCCCOCC(CO)OC(=O)CCCCCCC/C=C\C/C=C\CCCCC. The van der Waals surface area contributed by atoms with Gasteiger partial charge in [0, 0.05) is 13.0 Å². The van der Waals surface area contributed by atoms with Gasteiger partial charge in [0.05, 0.1) is 13.2 Å². The Morgan fingerprint density at radius 2 is 0.918 bits per heavy atom. The van der Waals surface area contributed by atoms with Crippen LogP contribution in [0.5, 0.6) is 0 Å². The summed E-state index contributed by atoms with van der Waals surface area (Å²) in [5.41, 5.74) is 0. The van der Waals surface area contributed by atoms with Gasteiger partial charge in [-0.15, -0.1) is 0 Å². The highest BCUT2D eigenvalue weighted by Crippen LogP contribution is 2.11. The Morgan fingerprint density at radius 3 is 1.39 bits per heavy atom. The van der Waals surface area contributed by atoms with Crippen LogP contribution in [0, 0.1) is 0 Å². The van der Waals surface area contributed by atoms with Gasteiger partial charge in [0.1, 0.15) is 6.10 Å². The molecule has 0 aromatic carbocycles. The van der Waals surface area contributed by atoms with Crippen LogP contribution in [0.3, 0.4) is 0 Å². The molecule has 0 amide bonds. The highest BCUT2D eigenvalue weighted by Gasteiger charge is 2.13. The second kappa shape index (κ2) is 41.7. The van der Waals surface area contributed by atoms with E-state index in [4.69, 9.17) is 9.47 Å². The fraction of sp³-hybridized carbons (Fsp3) is 0.667. The van der Waals surface area contributed by atoms with Crippen LogP contribution in [-0.2, 0) is 14.3 Å². The number of aliphatic hydroxyl groups excluding tert-OH is 1. The third kappa shape index (κ3) is 39.9. The van der Waals surface area contributed by atoms with Crippen LogP contribution < -0.4 is 0 Å². The average molecular weight is 681 g/mol. The number of rotatable bonds is 36. The van der Waals surface area contributed by atoms with Crippen molar-refractivity contribution < 1.29 is 19.4 Å². The first-order valence-electron chi connectivity index (χ1n) is 20.2. The highest BCUT2D eigenvalue weighted by molar-refractivity contribution is 5.69. The van der Waals surface area contributed by atoms with E-state index in [1.54, 1.807) is 0 Å². The summed E-state index contributed by atoms with van der Waals surface area (Å²) in [6.45, 7) is 5.14. The lowest BCUT2D eigenvalue weighted by molar-refractivity contribution is -0.154. The average Bonchev–Trinajstić information content (AvgIpc) is 3.11. The van der Waals surface area contributed by atoms with E-state index in [0.717, 1.165) is 83.5 Å². The number of hydrogen-bond acceptors (Lipinski definition) is 4. The summed E-state index contributed by atoms with van der Waals surface area (Å²) in [4.78, 5) is 12.2. The van der Waals surface area contributed by atoms with Gasteiger partial charge in [-0.05, 0) is 89.9 Å². The first kappa shape index (κ1) is 46.6. The van der Waals surface area contributed by atoms with Gasteiger partial charge in [-0.3, -0.25) is 4.79 Å². The Kier molecular flexibility index (Phi) is 39.7. The Labute approximate surface area is 303 Å². The lowest BCUT2D eigenvalue weighted by Crippen LogP contribution is -2.27. The zero-order chi connectivity index (χ0) is 35.6. The molecule has 4 nitrogen and oxygen atoms in total. The fourth-order valence-electron chi connectivity index (χ4n) is 5.21. The van der Waals surface area contributed by atoms with Gasteiger partial charge in [0.25, 0.3) is 0 Å². The molecule has 0 aliphatic carbocycles. The summed E-state index contributed by atoms with van der Waals surface area (Å²) < 4.78 is 11.1. The van der Waals surface area contributed by atoms with Crippen LogP contribution in [0.2, 0.25) is 0 Å². The number of carbonyl (C=O) groups is 1. The molecule has 1 unspecified atom stereocenters. The monoisotopic (exact) mass is 681 g/mol. The predicted octanol–water partition coefficient (Wildman–Crippen LogP) is 13.2. The van der Waals surface area contributed by atoms with Crippen molar-refractivity contribution in [2.45, 2.75) is 174 Å². The minimum Gasteiger partial charge on any atom is -0.457 e. The molecule has 0 aromatic heterocycles. The van der Waals surface area contributed by atoms with Crippen molar-refractivity contribution in [3.8, 4) is 0 Å². The third-order valence-electron chi connectivity index (χ3n) is 8.20. The third-order valence-corrected chi connectivity index (χ3v) is 8.20. The standard InChI is InChI=1S/C45H76O4/c1-3-5-7-9-11-13-15-17-19-20-21-22-23-24-25-27-29-31-33-35-37-39-41-48-43-44(42-46)49-45(47)40-38-36-34-32-30-28-26-18-16-14-12-10-8-6-4-2/h5,7,11-14,17-19,21-22,24-26,44,46H,3-4,6,8-10,15-16,20,23,27-43H2,1-2H3/b7-5-,13-11-,14-12-,19-17-,22-21-,25-24-,26-18-. The fourth-order valence-corrected chi connectivity index (χ4v) is 5.21. The summed E-state index contributed by atoms with van der Waals surface area (Å²) in [5.74, 6) is -0.224. The number of allylic oxidation sites excluding steroid dienone is 14. The first-order chi connectivity index (χ1) is 24.2. The number of carbonyl (C=O) groups excluding carboxylic acids is 1. The van der Waals surface area contributed by atoms with E-state index in [0.29, 0.717) is 13.0 Å². The van der Waals surface area contributed by atoms with Crippen LogP contribution in [0.4, 0.5) is 0 Å². The number of ether oxygens (including phenoxy) is 2. The Hall–Kier alpha value is -2.43. The number of esters is 1. The second-order valence-corrected chi connectivity index (χ2v) is 13.0. The molecule has 0 aliphatic heterocycles. The van der Waals surface area contributed by atoms with Crippen LogP contribution >= 0.6 is 0 Å². The first-order valence-corrected chi connectivity index (χ1v) is 20.2. The molecule has 0 fully saturated rings. The molecule has 0 aliphatic rings. The molecule has 0 radical (unpaired) electrons. The minimum atomic E-state index is -0.554. The van der Waals surface area contributed by atoms with E-state index in [-0.39, 0.29) is 19.2 Å². The van der Waals surface area contributed by atoms with Crippen molar-refractivity contribution in [2.24, 2.45) is 0 Å². The molecule has 1 N–H and O–H groups in total. The van der Waals surface area contributed by atoms with Gasteiger partial charge in [0.2, 0.25) is 0 Å². The Bertz CT molecular complexity index is 892. The Balaban J connectivity index is 3.54. The van der Waals surface area contributed by atoms with Gasteiger partial charge >= 0.3 is 5.97 Å². The maximum atomic E-state index is 12.2. The molecular weight excluding hydrogens is 604 g/mol. The smallest absolute Gasteiger partial charge is 0.306 e. The van der Waals surface area contributed by atoms with E-state index >= 15 is 0 Å². The van der Waals surface area contributed by atoms with Crippen LogP contribution in [0.25, 0.3) is 0 Å². The van der Waals surface area contributed by atoms with Gasteiger partial charge < -0.3 is 14.6 Å². The van der Waals surface area contributed by atoms with E-state index in [1.165, 1.54) is 64.2 Å². The minimum absolute atomic E-state index is 0.189. The van der Waals surface area contributed by atoms with Gasteiger partial charge in [-0.1, -0.05) is 157 Å². The van der Waals surface area contributed by atoms with Crippen molar-refractivity contribution in [1.82, 2.24) is 0 Å². The van der Waals surface area contributed by atoms with E-state index in [2.05, 4.69) is 98.9 Å². The lowest BCUT2D eigenvalue weighted by Gasteiger charge is -2.15.